The van der Waals surface area contributed by atoms with E-state index < -0.39 is 26.5 Å². The molecular formula is C73H134NO8P. The van der Waals surface area contributed by atoms with Gasteiger partial charge in [0.1, 0.15) is 19.8 Å². The first-order chi connectivity index (χ1) is 40.5. The summed E-state index contributed by atoms with van der Waals surface area (Å²) >= 11 is 0. The Morgan fingerprint density at radius 3 is 1.02 bits per heavy atom. The molecule has 0 aromatic rings. The highest BCUT2D eigenvalue weighted by Crippen LogP contribution is 2.38. The van der Waals surface area contributed by atoms with Crippen LogP contribution in [0.3, 0.4) is 0 Å². The maximum Gasteiger partial charge on any atom is 0.306 e. The number of esters is 2. The van der Waals surface area contributed by atoms with E-state index in [1.807, 2.05) is 21.1 Å². The highest BCUT2D eigenvalue weighted by atomic mass is 31.2. The van der Waals surface area contributed by atoms with Crippen LogP contribution in [0.25, 0.3) is 0 Å². The number of allylic oxidation sites excluding steroid dienone is 12. The Labute approximate surface area is 514 Å². The first-order valence-corrected chi connectivity index (χ1v) is 36.6. The first-order valence-electron chi connectivity index (χ1n) is 35.1. The van der Waals surface area contributed by atoms with Crippen LogP contribution in [0.15, 0.2) is 72.9 Å². The van der Waals surface area contributed by atoms with Crippen LogP contribution in [0.2, 0.25) is 0 Å². The van der Waals surface area contributed by atoms with Crippen molar-refractivity contribution in [3.63, 3.8) is 0 Å². The molecular weight excluding hydrogens is 1050 g/mol. The third-order valence-corrected chi connectivity index (χ3v) is 16.5. The number of likely N-dealkylation sites (N-methyl/N-ethyl adjacent to an activating group) is 1. The quantitative estimate of drug-likeness (QED) is 0.0195. The van der Waals surface area contributed by atoms with Gasteiger partial charge in [-0.15, -0.1) is 0 Å². The van der Waals surface area contributed by atoms with Crippen molar-refractivity contribution in [3.05, 3.63) is 72.9 Å². The van der Waals surface area contributed by atoms with Gasteiger partial charge in [-0.1, -0.05) is 324 Å². The number of hydrogen-bond acceptors (Lipinski definition) is 8. The number of phosphoric ester groups is 1. The SMILES string of the molecule is CC/C=C\C/C=C\C/C=C\C/C=C\C/C=C\C/C=C\CCCCCCCCCCC(=O)OC(COC(=O)CCCCCCCCCCCCCCCCCCCCCCCCCCCCCCCCCC)COP(=O)([O-])OCC[N+](C)(C)C. The van der Waals surface area contributed by atoms with E-state index in [1.165, 1.54) is 212 Å². The molecule has 0 aliphatic rings. The number of carbonyl (C=O) groups excluding carboxylic acids is 2. The van der Waals surface area contributed by atoms with Gasteiger partial charge in [-0.2, -0.15) is 0 Å². The second-order valence-electron chi connectivity index (χ2n) is 24.9. The fraction of sp³-hybridized carbons (Fsp3) is 0.808. The standard InChI is InChI=1S/C73H134NO8P/c1-6-8-10-12-14-16-18-20-22-24-26-28-30-32-34-35-36-37-38-40-41-43-45-47-49-51-53-55-57-59-61-63-65-72(75)79-69-71(70-81-83(77,78)80-68-67-74(3,4)5)82-73(76)66-64-62-60-58-56-54-52-50-48-46-44-42-39-33-31-29-27-25-23-21-19-17-15-13-11-9-7-2/h9,11,15,17,21,23,27,29,33,39,44,46,71H,6-8,10,12-14,16,18-20,22,24-26,28,30-32,34-38,40-43,45,47-70H2,1-5H3/b11-9-,17-15-,23-21-,29-27-,39-33-,46-44-. The molecule has 0 aromatic heterocycles. The van der Waals surface area contributed by atoms with Gasteiger partial charge in [0.15, 0.2) is 6.10 Å². The van der Waals surface area contributed by atoms with Crippen LogP contribution in [0.5, 0.6) is 0 Å². The summed E-state index contributed by atoms with van der Waals surface area (Å²) in [5, 5.41) is 0. The molecule has 10 heteroatoms. The number of carbonyl (C=O) groups is 2. The zero-order valence-corrected chi connectivity index (χ0v) is 56.0. The normalized spacial score (nSPS) is 13.6. The van der Waals surface area contributed by atoms with Gasteiger partial charge in [0.2, 0.25) is 0 Å². The highest BCUT2D eigenvalue weighted by molar-refractivity contribution is 7.45. The van der Waals surface area contributed by atoms with E-state index in [0.717, 1.165) is 83.5 Å². The molecule has 0 spiro atoms. The maximum atomic E-state index is 12.9. The van der Waals surface area contributed by atoms with Crippen LogP contribution in [0.1, 0.15) is 328 Å². The second kappa shape index (κ2) is 63.9. The smallest absolute Gasteiger partial charge is 0.306 e. The van der Waals surface area contributed by atoms with Crippen LogP contribution < -0.4 is 4.89 Å². The van der Waals surface area contributed by atoms with E-state index in [2.05, 4.69) is 86.8 Å². The van der Waals surface area contributed by atoms with E-state index in [0.29, 0.717) is 17.4 Å². The average molecular weight is 1180 g/mol. The van der Waals surface area contributed by atoms with Crippen LogP contribution in [-0.4, -0.2) is 70.0 Å². The molecule has 0 aromatic carbocycles. The van der Waals surface area contributed by atoms with E-state index >= 15 is 0 Å². The summed E-state index contributed by atoms with van der Waals surface area (Å²) in [6.07, 6.45) is 85.6. The van der Waals surface area contributed by atoms with Gasteiger partial charge >= 0.3 is 11.9 Å². The molecule has 0 bridgehead atoms. The Morgan fingerprint density at radius 2 is 0.687 bits per heavy atom. The van der Waals surface area contributed by atoms with Gasteiger partial charge in [0.05, 0.1) is 27.7 Å². The van der Waals surface area contributed by atoms with Gasteiger partial charge in [-0.25, -0.2) is 0 Å². The zero-order valence-electron chi connectivity index (χ0n) is 55.1. The van der Waals surface area contributed by atoms with Crippen molar-refractivity contribution in [1.29, 1.82) is 0 Å². The molecule has 0 fully saturated rings. The summed E-state index contributed by atoms with van der Waals surface area (Å²) in [7, 11) is 1.17. The topological polar surface area (TPSA) is 111 Å². The number of quaternary nitrogens is 1. The zero-order chi connectivity index (χ0) is 60.5. The molecule has 0 saturated carbocycles. The van der Waals surface area contributed by atoms with Gasteiger partial charge in [-0.3, -0.25) is 14.2 Å². The largest absolute Gasteiger partial charge is 0.756 e. The summed E-state index contributed by atoms with van der Waals surface area (Å²) in [6, 6.07) is 0. The maximum absolute atomic E-state index is 12.9. The van der Waals surface area contributed by atoms with Crippen molar-refractivity contribution in [2.45, 2.75) is 335 Å². The van der Waals surface area contributed by atoms with Crippen molar-refractivity contribution >= 4 is 19.8 Å². The molecule has 83 heavy (non-hydrogen) atoms. The molecule has 0 aliphatic heterocycles. The minimum absolute atomic E-state index is 0.0340. The van der Waals surface area contributed by atoms with Crippen LogP contribution >= 0.6 is 7.82 Å². The minimum atomic E-state index is -4.65. The number of phosphoric acid groups is 1. The average Bonchev–Trinajstić information content (AvgIpc) is 3.49. The second-order valence-corrected chi connectivity index (χ2v) is 26.3. The number of ether oxygens (including phenoxy) is 2. The Balaban J connectivity index is 4.03. The van der Waals surface area contributed by atoms with Crippen molar-refractivity contribution in [2.75, 3.05) is 47.5 Å². The Hall–Kier alpha value is -2.55. The Morgan fingerprint density at radius 1 is 0.386 bits per heavy atom. The molecule has 9 nitrogen and oxygen atoms in total. The molecule has 0 radical (unpaired) electrons. The van der Waals surface area contributed by atoms with E-state index in [1.54, 1.807) is 0 Å². The minimum Gasteiger partial charge on any atom is -0.756 e. The fourth-order valence-electron chi connectivity index (χ4n) is 10.1. The number of rotatable bonds is 65. The highest BCUT2D eigenvalue weighted by Gasteiger charge is 2.22. The number of hydrogen-bond donors (Lipinski definition) is 0. The summed E-state index contributed by atoms with van der Waals surface area (Å²) in [5.74, 6) is -0.832. The number of unbranched alkanes of at least 4 members (excludes halogenated alkanes) is 39. The molecule has 2 unspecified atom stereocenters. The lowest BCUT2D eigenvalue weighted by molar-refractivity contribution is -0.870. The van der Waals surface area contributed by atoms with Crippen molar-refractivity contribution < 1.29 is 42.1 Å². The Kier molecular flexibility index (Phi) is 62.0. The number of nitrogens with zero attached hydrogens (tertiary/aromatic N) is 1. The third kappa shape index (κ3) is 68.4. The predicted octanol–water partition coefficient (Wildman–Crippen LogP) is 22.1. The fourth-order valence-corrected chi connectivity index (χ4v) is 10.9. The predicted molar refractivity (Wildman–Crippen MR) is 356 cm³/mol. The van der Waals surface area contributed by atoms with Gasteiger partial charge < -0.3 is 27.9 Å². The lowest BCUT2D eigenvalue weighted by Crippen LogP contribution is -2.37. The summed E-state index contributed by atoms with van der Waals surface area (Å²) < 4.78 is 34.3. The van der Waals surface area contributed by atoms with Gasteiger partial charge in [-0.05, 0) is 64.2 Å². The van der Waals surface area contributed by atoms with Crippen molar-refractivity contribution in [2.24, 2.45) is 0 Å². The molecule has 0 aliphatic carbocycles. The third-order valence-electron chi connectivity index (χ3n) is 15.5. The monoisotopic (exact) mass is 1180 g/mol. The molecule has 0 rings (SSSR count). The van der Waals surface area contributed by atoms with Crippen LogP contribution in [-0.2, 0) is 32.7 Å². The molecule has 0 N–H and O–H groups in total. The first kappa shape index (κ1) is 80.5. The van der Waals surface area contributed by atoms with Crippen molar-refractivity contribution in [3.8, 4) is 0 Å². The summed E-state index contributed by atoms with van der Waals surface area (Å²) in [4.78, 5) is 38.1. The van der Waals surface area contributed by atoms with Crippen molar-refractivity contribution in [1.82, 2.24) is 0 Å². The lowest BCUT2D eigenvalue weighted by Gasteiger charge is -2.28. The summed E-state index contributed by atoms with van der Waals surface area (Å²) in [6.45, 7) is 4.16. The molecule has 0 heterocycles. The molecule has 0 amide bonds. The molecule has 2 atom stereocenters. The van der Waals surface area contributed by atoms with E-state index in [4.69, 9.17) is 18.5 Å². The van der Waals surface area contributed by atoms with Gasteiger partial charge in [0, 0.05) is 12.8 Å². The lowest BCUT2D eigenvalue weighted by atomic mass is 10.0. The summed E-state index contributed by atoms with van der Waals surface area (Å²) in [5.41, 5.74) is 0. The van der Waals surface area contributed by atoms with Crippen LogP contribution in [0, 0.1) is 0 Å². The Bertz CT molecular complexity index is 1630. The van der Waals surface area contributed by atoms with E-state index in [9.17, 15) is 19.0 Å². The van der Waals surface area contributed by atoms with E-state index in [-0.39, 0.29) is 32.0 Å². The van der Waals surface area contributed by atoms with Gasteiger partial charge in [0.25, 0.3) is 7.82 Å². The molecule has 0 saturated heterocycles. The van der Waals surface area contributed by atoms with Crippen LogP contribution in [0.4, 0.5) is 0 Å². The molecule has 484 valence electrons.